The molecule has 0 aliphatic heterocycles. The molecule has 23 heavy (non-hydrogen) atoms. The third-order valence-corrected chi connectivity index (χ3v) is 3.47. The van der Waals surface area contributed by atoms with E-state index in [-0.39, 0.29) is 5.78 Å². The Hall–Kier alpha value is -3.01. The van der Waals surface area contributed by atoms with Crippen molar-refractivity contribution in [3.8, 4) is 5.69 Å². The van der Waals surface area contributed by atoms with Crippen LogP contribution >= 0.6 is 0 Å². The Morgan fingerprint density at radius 3 is 2.22 bits per heavy atom. The molecule has 0 amide bonds. The van der Waals surface area contributed by atoms with E-state index in [2.05, 4.69) is 10.1 Å². The van der Waals surface area contributed by atoms with E-state index in [0.717, 1.165) is 16.9 Å². The predicted octanol–water partition coefficient (Wildman–Crippen LogP) is 3.62. The van der Waals surface area contributed by atoms with Gasteiger partial charge in [0, 0.05) is 6.92 Å². The highest BCUT2D eigenvalue weighted by molar-refractivity contribution is 5.93. The Morgan fingerprint density at radius 2 is 1.61 bits per heavy atom. The highest BCUT2D eigenvalue weighted by atomic mass is 16.1. The van der Waals surface area contributed by atoms with Crippen LogP contribution in [0.2, 0.25) is 0 Å². The molecule has 0 spiro atoms. The Kier molecular flexibility index (Phi) is 4.15. The quantitative estimate of drug-likeness (QED) is 0.694. The van der Waals surface area contributed by atoms with Gasteiger partial charge in [0.1, 0.15) is 5.69 Å². The fraction of sp³-hybridized carbons (Fsp3) is 0.105. The number of Topliss-reactive ketones (excluding diaryl/α,β-unsaturated/α-hetero) is 1. The number of carbonyl (C=O) groups excluding carboxylic acids is 1. The Balaban J connectivity index is 2.28. The summed E-state index contributed by atoms with van der Waals surface area (Å²) in [5, 5.41) is 4.51. The second kappa shape index (κ2) is 6.40. The number of aromatic nitrogens is 2. The van der Waals surface area contributed by atoms with Crippen LogP contribution in [0.3, 0.4) is 0 Å². The van der Waals surface area contributed by atoms with Crippen LogP contribution in [0.15, 0.2) is 71.7 Å². The lowest BCUT2D eigenvalue weighted by Gasteiger charge is -2.10. The number of benzene rings is 2. The smallest absolute Gasteiger partial charge is 0.180 e. The van der Waals surface area contributed by atoms with Crippen LogP contribution in [0.4, 0.5) is 5.69 Å². The van der Waals surface area contributed by atoms with Crippen LogP contribution in [0.25, 0.3) is 5.69 Å². The normalized spacial score (nSPS) is 11.5. The maximum absolute atomic E-state index is 11.8. The zero-order valence-corrected chi connectivity index (χ0v) is 13.1. The first-order valence-corrected chi connectivity index (χ1v) is 7.42. The van der Waals surface area contributed by atoms with Crippen molar-refractivity contribution in [2.24, 2.45) is 4.99 Å². The molecule has 4 heteroatoms. The van der Waals surface area contributed by atoms with Crippen molar-refractivity contribution in [3.63, 3.8) is 0 Å². The number of carbonyl (C=O) groups is 1. The SMILES string of the molecule is CC(=O)c1nn(-c2ccccc2)c(=Nc2ccccc2)cc1C. The van der Waals surface area contributed by atoms with Gasteiger partial charge in [-0.3, -0.25) is 4.79 Å². The van der Waals surface area contributed by atoms with Crippen LogP contribution in [-0.4, -0.2) is 15.6 Å². The van der Waals surface area contributed by atoms with Crippen LogP contribution in [0.1, 0.15) is 23.0 Å². The van der Waals surface area contributed by atoms with Gasteiger partial charge in [-0.2, -0.15) is 5.10 Å². The van der Waals surface area contributed by atoms with Crippen LogP contribution in [-0.2, 0) is 0 Å². The summed E-state index contributed by atoms with van der Waals surface area (Å²) in [6, 6.07) is 21.3. The van der Waals surface area contributed by atoms with E-state index in [1.807, 2.05) is 73.7 Å². The molecule has 2 aromatic carbocycles. The first-order chi connectivity index (χ1) is 11.1. The van der Waals surface area contributed by atoms with E-state index in [9.17, 15) is 4.79 Å². The van der Waals surface area contributed by atoms with E-state index in [4.69, 9.17) is 0 Å². The maximum Gasteiger partial charge on any atom is 0.180 e. The van der Waals surface area contributed by atoms with E-state index in [1.54, 1.807) is 4.68 Å². The molecule has 0 atom stereocenters. The molecule has 1 heterocycles. The van der Waals surface area contributed by atoms with Crippen molar-refractivity contribution >= 4 is 11.5 Å². The second-order valence-corrected chi connectivity index (χ2v) is 5.29. The minimum atomic E-state index is -0.0570. The van der Waals surface area contributed by atoms with Gasteiger partial charge < -0.3 is 0 Å². The minimum absolute atomic E-state index is 0.0570. The Bertz CT molecular complexity index is 897. The molecule has 3 rings (SSSR count). The molecule has 0 fully saturated rings. The molecule has 0 aliphatic carbocycles. The fourth-order valence-corrected chi connectivity index (χ4v) is 2.37. The lowest BCUT2D eigenvalue weighted by atomic mass is 10.2. The molecule has 3 aromatic rings. The van der Waals surface area contributed by atoms with E-state index < -0.39 is 0 Å². The standard InChI is InChI=1S/C19H17N3O/c1-14-13-18(20-16-9-5-3-6-10-16)22(21-19(14)15(2)23)17-11-7-4-8-12-17/h3-13H,1-2H3. The molecule has 0 aliphatic rings. The molecule has 0 bridgehead atoms. The van der Waals surface area contributed by atoms with Crippen LogP contribution in [0, 0.1) is 6.92 Å². The molecule has 0 saturated heterocycles. The van der Waals surface area contributed by atoms with Crippen molar-refractivity contribution < 1.29 is 4.79 Å². The summed E-state index contributed by atoms with van der Waals surface area (Å²) in [6.45, 7) is 3.40. The summed E-state index contributed by atoms with van der Waals surface area (Å²) in [4.78, 5) is 16.5. The molecule has 0 unspecified atom stereocenters. The summed E-state index contributed by atoms with van der Waals surface area (Å²) >= 11 is 0. The van der Waals surface area contributed by atoms with Crippen LogP contribution in [0.5, 0.6) is 0 Å². The molecular weight excluding hydrogens is 286 g/mol. The van der Waals surface area contributed by atoms with Crippen molar-refractivity contribution in [3.05, 3.63) is 83.5 Å². The van der Waals surface area contributed by atoms with E-state index in [0.29, 0.717) is 11.2 Å². The van der Waals surface area contributed by atoms with Crippen molar-refractivity contribution in [2.45, 2.75) is 13.8 Å². The Morgan fingerprint density at radius 1 is 1.00 bits per heavy atom. The van der Waals surface area contributed by atoms with Gasteiger partial charge in [0.05, 0.1) is 11.4 Å². The molecular formula is C19H17N3O. The molecule has 114 valence electrons. The molecule has 0 radical (unpaired) electrons. The second-order valence-electron chi connectivity index (χ2n) is 5.29. The molecule has 0 saturated carbocycles. The van der Waals surface area contributed by atoms with Crippen molar-refractivity contribution in [1.29, 1.82) is 0 Å². The average molecular weight is 303 g/mol. The van der Waals surface area contributed by atoms with Crippen molar-refractivity contribution in [2.75, 3.05) is 0 Å². The zero-order valence-electron chi connectivity index (χ0n) is 13.1. The van der Waals surface area contributed by atoms with Gasteiger partial charge >= 0.3 is 0 Å². The minimum Gasteiger partial charge on any atom is -0.293 e. The number of rotatable bonds is 3. The number of hydrogen-bond acceptors (Lipinski definition) is 3. The summed E-state index contributed by atoms with van der Waals surface area (Å²) in [5.41, 5.74) is 3.67. The summed E-state index contributed by atoms with van der Waals surface area (Å²) in [6.07, 6.45) is 0. The van der Waals surface area contributed by atoms with Gasteiger partial charge in [0.15, 0.2) is 11.3 Å². The lowest BCUT2D eigenvalue weighted by molar-refractivity contribution is 0.101. The van der Waals surface area contributed by atoms with Gasteiger partial charge in [0.2, 0.25) is 0 Å². The number of ketones is 1. The summed E-state index contributed by atoms with van der Waals surface area (Å²) < 4.78 is 1.71. The largest absolute Gasteiger partial charge is 0.293 e. The maximum atomic E-state index is 11.8. The van der Waals surface area contributed by atoms with Gasteiger partial charge in [0.25, 0.3) is 0 Å². The van der Waals surface area contributed by atoms with E-state index in [1.165, 1.54) is 6.92 Å². The summed E-state index contributed by atoms with van der Waals surface area (Å²) in [7, 11) is 0. The highest BCUT2D eigenvalue weighted by Gasteiger charge is 2.10. The molecule has 4 nitrogen and oxygen atoms in total. The predicted molar refractivity (Wildman–Crippen MR) is 90.0 cm³/mol. The molecule has 0 N–H and O–H groups in total. The Labute approximate surface area is 134 Å². The molecule has 1 aromatic heterocycles. The van der Waals surface area contributed by atoms with Crippen LogP contribution < -0.4 is 5.49 Å². The fourth-order valence-electron chi connectivity index (χ4n) is 2.37. The van der Waals surface area contributed by atoms with Gasteiger partial charge in [-0.05, 0) is 42.8 Å². The third-order valence-electron chi connectivity index (χ3n) is 3.47. The van der Waals surface area contributed by atoms with Gasteiger partial charge in [-0.1, -0.05) is 36.4 Å². The zero-order chi connectivity index (χ0) is 16.2. The number of nitrogens with zero attached hydrogens (tertiary/aromatic N) is 3. The van der Waals surface area contributed by atoms with Gasteiger partial charge in [-0.25, -0.2) is 9.67 Å². The average Bonchev–Trinajstić information content (AvgIpc) is 2.56. The number of aryl methyl sites for hydroxylation is 1. The lowest BCUT2D eigenvalue weighted by Crippen LogP contribution is -2.25. The first-order valence-electron chi connectivity index (χ1n) is 7.42. The highest BCUT2D eigenvalue weighted by Crippen LogP contribution is 2.11. The number of hydrogen-bond donors (Lipinski definition) is 0. The summed E-state index contributed by atoms with van der Waals surface area (Å²) in [5.74, 6) is -0.0570. The van der Waals surface area contributed by atoms with E-state index >= 15 is 0 Å². The van der Waals surface area contributed by atoms with Crippen molar-refractivity contribution in [1.82, 2.24) is 9.78 Å². The first kappa shape index (κ1) is 14.9. The monoisotopic (exact) mass is 303 g/mol. The topological polar surface area (TPSA) is 47.2 Å². The number of para-hydroxylation sites is 2. The third kappa shape index (κ3) is 3.26. The van der Waals surface area contributed by atoms with Gasteiger partial charge in [-0.15, -0.1) is 0 Å².